The van der Waals surface area contributed by atoms with Gasteiger partial charge < -0.3 is 10.6 Å². The number of piperidine rings is 1. The molecule has 1 saturated carbocycles. The Balaban J connectivity index is 1.48. The van der Waals surface area contributed by atoms with Crippen LogP contribution in [0.2, 0.25) is 0 Å². The zero-order chi connectivity index (χ0) is 17.8. The number of carbonyl (C=O) groups excluding carboxylic acids is 1. The molecular weight excluding hydrogens is 322 g/mol. The molecular formula is C22H27N3O. The minimum Gasteiger partial charge on any atom is -0.351 e. The number of nitrogens with one attached hydrogen (secondary N) is 2. The van der Waals surface area contributed by atoms with E-state index in [1.54, 1.807) is 6.20 Å². The number of rotatable bonds is 5. The molecule has 4 rings (SSSR count). The predicted octanol–water partition coefficient (Wildman–Crippen LogP) is 3.68. The second kappa shape index (κ2) is 7.58. The lowest BCUT2D eigenvalue weighted by atomic mass is 9.61. The minimum absolute atomic E-state index is 0.191. The number of amides is 1. The summed E-state index contributed by atoms with van der Waals surface area (Å²) >= 11 is 0. The molecule has 1 unspecified atom stereocenters. The number of nitrogens with zero attached hydrogens (tertiary/aromatic N) is 1. The average molecular weight is 349 g/mol. The molecule has 4 nitrogen and oxygen atoms in total. The summed E-state index contributed by atoms with van der Waals surface area (Å²) in [5, 5.41) is 6.86. The topological polar surface area (TPSA) is 54.0 Å². The van der Waals surface area contributed by atoms with Gasteiger partial charge in [0.2, 0.25) is 5.91 Å². The monoisotopic (exact) mass is 349 g/mol. The van der Waals surface area contributed by atoms with E-state index < -0.39 is 0 Å². The molecule has 4 heteroatoms. The first kappa shape index (κ1) is 17.2. The van der Waals surface area contributed by atoms with Crippen molar-refractivity contribution in [3.05, 3.63) is 54.4 Å². The molecule has 1 saturated heterocycles. The first-order chi connectivity index (χ1) is 12.8. The van der Waals surface area contributed by atoms with Crippen molar-refractivity contribution in [1.82, 2.24) is 15.6 Å². The first-order valence-corrected chi connectivity index (χ1v) is 9.80. The quantitative estimate of drug-likeness (QED) is 0.866. The van der Waals surface area contributed by atoms with Crippen LogP contribution in [0.4, 0.5) is 0 Å². The Labute approximate surface area is 155 Å². The largest absolute Gasteiger partial charge is 0.351 e. The van der Waals surface area contributed by atoms with Gasteiger partial charge >= 0.3 is 0 Å². The molecule has 1 atom stereocenters. The Morgan fingerprint density at radius 3 is 2.73 bits per heavy atom. The number of carbonyl (C=O) groups is 1. The summed E-state index contributed by atoms with van der Waals surface area (Å²) in [5.74, 6) is 0.226. The van der Waals surface area contributed by atoms with Gasteiger partial charge in [0.15, 0.2) is 0 Å². The van der Waals surface area contributed by atoms with Gasteiger partial charge in [0.05, 0.1) is 5.41 Å². The average Bonchev–Trinajstić information content (AvgIpc) is 2.67. The van der Waals surface area contributed by atoms with Crippen molar-refractivity contribution in [3.63, 3.8) is 0 Å². The highest BCUT2D eigenvalue weighted by Crippen LogP contribution is 2.46. The van der Waals surface area contributed by atoms with E-state index in [1.807, 2.05) is 24.4 Å². The van der Waals surface area contributed by atoms with Crippen molar-refractivity contribution in [1.29, 1.82) is 0 Å². The Hall–Kier alpha value is -2.20. The Morgan fingerprint density at radius 1 is 1.15 bits per heavy atom. The molecule has 0 radical (unpaired) electrons. The third-order valence-corrected chi connectivity index (χ3v) is 6.10. The van der Waals surface area contributed by atoms with E-state index in [0.717, 1.165) is 48.9 Å². The molecule has 2 aliphatic rings. The smallest absolute Gasteiger partial charge is 0.228 e. The molecule has 0 bridgehead atoms. The second-order valence-corrected chi connectivity index (χ2v) is 7.59. The van der Waals surface area contributed by atoms with Gasteiger partial charge in [-0.1, -0.05) is 43.2 Å². The number of hydrogen-bond acceptors (Lipinski definition) is 3. The maximum Gasteiger partial charge on any atom is 0.228 e. The molecule has 2 heterocycles. The van der Waals surface area contributed by atoms with Gasteiger partial charge in [-0.15, -0.1) is 0 Å². The van der Waals surface area contributed by atoms with Crippen LogP contribution in [0.5, 0.6) is 0 Å². The van der Waals surface area contributed by atoms with Crippen LogP contribution in [0.25, 0.3) is 11.1 Å². The lowest BCUT2D eigenvalue weighted by Crippen LogP contribution is -2.58. The maximum absolute atomic E-state index is 13.1. The van der Waals surface area contributed by atoms with E-state index in [9.17, 15) is 4.79 Å². The van der Waals surface area contributed by atoms with Crippen molar-refractivity contribution >= 4 is 5.91 Å². The molecule has 2 fully saturated rings. The summed E-state index contributed by atoms with van der Waals surface area (Å²) in [6.45, 7) is 1.61. The van der Waals surface area contributed by atoms with Crippen LogP contribution in [0.3, 0.4) is 0 Å². The summed E-state index contributed by atoms with van der Waals surface area (Å²) < 4.78 is 0. The van der Waals surface area contributed by atoms with Gasteiger partial charge in [0.25, 0.3) is 0 Å². The number of aromatic nitrogens is 1. The third kappa shape index (κ3) is 3.26. The highest BCUT2D eigenvalue weighted by Gasteiger charge is 2.50. The van der Waals surface area contributed by atoms with Crippen LogP contribution in [0.15, 0.2) is 48.8 Å². The van der Waals surface area contributed by atoms with E-state index in [0.29, 0.717) is 12.6 Å². The normalized spacial score (nSPS) is 21.6. The Morgan fingerprint density at radius 2 is 2.04 bits per heavy atom. The number of hydrogen-bond donors (Lipinski definition) is 2. The fraction of sp³-hybridized carbons (Fsp3) is 0.455. The van der Waals surface area contributed by atoms with Gasteiger partial charge in [-0.05, 0) is 49.4 Å². The van der Waals surface area contributed by atoms with Gasteiger partial charge in [0, 0.05) is 30.5 Å². The highest BCUT2D eigenvalue weighted by atomic mass is 16.2. The fourth-order valence-corrected chi connectivity index (χ4v) is 4.44. The third-order valence-electron chi connectivity index (χ3n) is 6.10. The van der Waals surface area contributed by atoms with Gasteiger partial charge in [-0.3, -0.25) is 9.78 Å². The number of pyridine rings is 1. The van der Waals surface area contributed by atoms with Gasteiger partial charge in [-0.2, -0.15) is 0 Å². The van der Waals surface area contributed by atoms with Crippen molar-refractivity contribution in [2.24, 2.45) is 5.41 Å². The second-order valence-electron chi connectivity index (χ2n) is 7.59. The Kier molecular flexibility index (Phi) is 5.02. The summed E-state index contributed by atoms with van der Waals surface area (Å²) in [6, 6.07) is 12.6. The van der Waals surface area contributed by atoms with E-state index in [1.165, 1.54) is 12.8 Å². The molecule has 1 aromatic heterocycles. The van der Waals surface area contributed by atoms with E-state index in [4.69, 9.17) is 0 Å². The molecule has 1 aromatic carbocycles. The maximum atomic E-state index is 13.1. The van der Waals surface area contributed by atoms with E-state index in [-0.39, 0.29) is 11.3 Å². The van der Waals surface area contributed by atoms with Crippen LogP contribution in [0.1, 0.15) is 44.1 Å². The first-order valence-electron chi connectivity index (χ1n) is 9.80. The van der Waals surface area contributed by atoms with Gasteiger partial charge in [0.1, 0.15) is 0 Å². The summed E-state index contributed by atoms with van der Waals surface area (Å²) in [7, 11) is 0. The number of benzene rings is 1. The van der Waals surface area contributed by atoms with Crippen LogP contribution < -0.4 is 10.6 Å². The van der Waals surface area contributed by atoms with Crippen molar-refractivity contribution < 1.29 is 4.79 Å². The van der Waals surface area contributed by atoms with Crippen LogP contribution in [-0.2, 0) is 11.3 Å². The van der Waals surface area contributed by atoms with Crippen molar-refractivity contribution in [2.75, 3.05) is 6.54 Å². The predicted molar refractivity (Wildman–Crippen MR) is 103 cm³/mol. The van der Waals surface area contributed by atoms with Crippen molar-refractivity contribution in [3.8, 4) is 11.1 Å². The fourth-order valence-electron chi connectivity index (χ4n) is 4.44. The zero-order valence-corrected chi connectivity index (χ0v) is 15.2. The summed E-state index contributed by atoms with van der Waals surface area (Å²) in [5.41, 5.74) is 3.17. The van der Waals surface area contributed by atoms with Gasteiger partial charge in [-0.25, -0.2) is 0 Å². The van der Waals surface area contributed by atoms with Crippen LogP contribution in [0, 0.1) is 5.41 Å². The summed E-state index contributed by atoms with van der Waals surface area (Å²) in [6.07, 6.45) is 10.4. The molecule has 1 aliphatic carbocycles. The lowest BCUT2D eigenvalue weighted by molar-refractivity contribution is -0.139. The molecule has 2 aromatic rings. The zero-order valence-electron chi connectivity index (χ0n) is 15.2. The van der Waals surface area contributed by atoms with E-state index >= 15 is 0 Å². The van der Waals surface area contributed by atoms with E-state index in [2.05, 4.69) is 33.8 Å². The lowest BCUT2D eigenvalue weighted by Gasteiger charge is -2.48. The molecule has 136 valence electrons. The summed E-state index contributed by atoms with van der Waals surface area (Å²) in [4.78, 5) is 17.3. The molecule has 0 spiro atoms. The molecule has 1 amide bonds. The van der Waals surface area contributed by atoms with Crippen LogP contribution >= 0.6 is 0 Å². The molecule has 2 N–H and O–H groups in total. The molecule has 26 heavy (non-hydrogen) atoms. The molecule has 1 aliphatic heterocycles. The highest BCUT2D eigenvalue weighted by molar-refractivity contribution is 5.84. The van der Waals surface area contributed by atoms with Crippen molar-refractivity contribution in [2.45, 2.75) is 51.1 Å². The standard InChI is InChI=1S/C22H27N3O/c26-21(22(11-6-12-22)20-10-3-4-14-24-20)25-16-18-7-1-2-9-19(18)17-8-5-13-23-15-17/h1-2,5,7-9,13,15,20,24H,3-4,6,10-12,14,16H2,(H,25,26). The SMILES string of the molecule is O=C(NCc1ccccc1-c1cccnc1)C1(C2CCCCN2)CCC1. The Bertz CT molecular complexity index is 749. The minimum atomic E-state index is -0.191. The van der Waals surface area contributed by atoms with Crippen LogP contribution in [-0.4, -0.2) is 23.5 Å².